The quantitative estimate of drug-likeness (QED) is 0.617. The zero-order valence-corrected chi connectivity index (χ0v) is 17.5. The maximum absolute atomic E-state index is 13.0. The van der Waals surface area contributed by atoms with Gasteiger partial charge in [-0.2, -0.15) is 0 Å². The first kappa shape index (κ1) is 21.5. The van der Waals surface area contributed by atoms with Crippen molar-refractivity contribution < 1.29 is 27.5 Å². The lowest BCUT2D eigenvalue weighted by Crippen LogP contribution is -2.44. The smallest absolute Gasteiger partial charge is 0.253 e. The second-order valence-corrected chi connectivity index (χ2v) is 9.23. The number of rotatable bonds is 7. The van der Waals surface area contributed by atoms with E-state index in [2.05, 4.69) is 5.32 Å². The van der Waals surface area contributed by atoms with E-state index in [4.69, 9.17) is 9.47 Å². The molecule has 2 amide bonds. The molecule has 1 N–H and O–H groups in total. The molecule has 29 heavy (non-hydrogen) atoms. The van der Waals surface area contributed by atoms with E-state index in [1.54, 1.807) is 24.3 Å². The number of amides is 2. The van der Waals surface area contributed by atoms with Gasteiger partial charge in [0.1, 0.15) is 5.75 Å². The van der Waals surface area contributed by atoms with Gasteiger partial charge in [-0.15, -0.1) is 0 Å². The maximum Gasteiger partial charge on any atom is 0.253 e. The maximum atomic E-state index is 13.0. The monoisotopic (exact) mass is 425 g/mol. The number of ether oxygens (including phenoxy) is 2. The number of carbonyl (C=O) groups is 2. The minimum Gasteiger partial charge on any atom is -0.497 e. The van der Waals surface area contributed by atoms with Crippen molar-refractivity contribution in [3.63, 3.8) is 0 Å². The van der Waals surface area contributed by atoms with E-state index in [0.717, 1.165) is 4.31 Å². The van der Waals surface area contributed by atoms with Crippen LogP contribution < -0.4 is 10.1 Å². The Kier molecular flexibility index (Phi) is 6.76. The molecule has 10 heteroatoms. The van der Waals surface area contributed by atoms with Crippen molar-refractivity contribution in [2.45, 2.75) is 24.9 Å². The molecule has 1 aromatic rings. The van der Waals surface area contributed by atoms with Crippen molar-refractivity contribution in [3.8, 4) is 5.75 Å². The third-order valence-electron chi connectivity index (χ3n) is 5.28. The van der Waals surface area contributed by atoms with Crippen molar-refractivity contribution in [1.82, 2.24) is 14.5 Å². The Morgan fingerprint density at radius 3 is 2.83 bits per heavy atom. The van der Waals surface area contributed by atoms with Crippen molar-refractivity contribution in [2.75, 3.05) is 46.2 Å². The largest absolute Gasteiger partial charge is 0.497 e. The fourth-order valence-electron chi connectivity index (χ4n) is 3.79. The van der Waals surface area contributed by atoms with Crippen LogP contribution in [-0.4, -0.2) is 87.7 Å². The normalized spacial score (nSPS) is 24.1. The first-order valence-electron chi connectivity index (χ1n) is 9.58. The molecule has 2 heterocycles. The predicted octanol–water partition coefficient (Wildman–Crippen LogP) is 0.0764. The Labute approximate surface area is 171 Å². The topological polar surface area (TPSA) is 105 Å². The van der Waals surface area contributed by atoms with E-state index in [1.165, 1.54) is 14.2 Å². The summed E-state index contributed by atoms with van der Waals surface area (Å²) in [6, 6.07) is 6.06. The van der Waals surface area contributed by atoms with Gasteiger partial charge in [0.25, 0.3) is 11.8 Å². The minimum absolute atomic E-state index is 0.111. The highest BCUT2D eigenvalue weighted by molar-refractivity contribution is 7.89. The number of fused-ring (bicyclic) bond motifs is 1. The van der Waals surface area contributed by atoms with E-state index in [1.807, 2.05) is 4.90 Å². The van der Waals surface area contributed by atoms with Crippen molar-refractivity contribution in [3.05, 3.63) is 29.8 Å². The summed E-state index contributed by atoms with van der Waals surface area (Å²) in [5.41, 5.74) is 0.474. The Balaban J connectivity index is 1.68. The van der Waals surface area contributed by atoms with Gasteiger partial charge in [0.2, 0.25) is 10.0 Å². The van der Waals surface area contributed by atoms with E-state index < -0.39 is 22.0 Å². The number of carbonyl (C=O) groups excluding carboxylic acids is 2. The second-order valence-electron chi connectivity index (χ2n) is 7.22. The molecule has 160 valence electrons. The van der Waals surface area contributed by atoms with Crippen LogP contribution in [-0.2, 0) is 19.6 Å². The number of hydrogen-bond acceptors (Lipinski definition) is 7. The van der Waals surface area contributed by atoms with E-state index in [-0.39, 0.29) is 30.8 Å². The Bertz CT molecular complexity index is 859. The van der Waals surface area contributed by atoms with E-state index in [9.17, 15) is 18.0 Å². The molecule has 0 unspecified atom stereocenters. The van der Waals surface area contributed by atoms with Crippen LogP contribution in [0.5, 0.6) is 5.75 Å². The summed E-state index contributed by atoms with van der Waals surface area (Å²) in [4.78, 5) is 27.4. The number of methoxy groups -OCH3 is 2. The molecule has 0 spiro atoms. The molecule has 2 fully saturated rings. The summed E-state index contributed by atoms with van der Waals surface area (Å²) in [6.45, 7) is 1.20. The van der Waals surface area contributed by atoms with Gasteiger partial charge in [0.05, 0.1) is 18.9 Å². The van der Waals surface area contributed by atoms with Crippen LogP contribution in [0.2, 0.25) is 0 Å². The molecule has 9 nitrogen and oxygen atoms in total. The highest BCUT2D eigenvalue weighted by Crippen LogP contribution is 2.25. The fourth-order valence-corrected chi connectivity index (χ4v) is 5.28. The van der Waals surface area contributed by atoms with E-state index in [0.29, 0.717) is 37.3 Å². The van der Waals surface area contributed by atoms with Crippen LogP contribution in [0.4, 0.5) is 0 Å². The predicted molar refractivity (Wildman–Crippen MR) is 106 cm³/mol. The molecule has 0 bridgehead atoms. The molecule has 0 saturated carbocycles. The van der Waals surface area contributed by atoms with Crippen molar-refractivity contribution >= 4 is 21.8 Å². The summed E-state index contributed by atoms with van der Waals surface area (Å²) >= 11 is 0. The van der Waals surface area contributed by atoms with E-state index >= 15 is 0 Å². The summed E-state index contributed by atoms with van der Waals surface area (Å²) in [6.07, 6.45) is 0.828. The molecule has 0 radical (unpaired) electrons. The van der Waals surface area contributed by atoms with Gasteiger partial charge in [0, 0.05) is 45.0 Å². The van der Waals surface area contributed by atoms with Crippen LogP contribution in [0.3, 0.4) is 0 Å². The van der Waals surface area contributed by atoms with Gasteiger partial charge < -0.3 is 14.8 Å². The molecule has 2 aliphatic rings. The van der Waals surface area contributed by atoms with Gasteiger partial charge in [0.15, 0.2) is 0 Å². The molecule has 2 atom stereocenters. The standard InChI is InChI=1S/C19H27N3O6S/c1-27-9-4-7-22-19(24)17-12-15(13-21(17)8-10-29(22,25)26)20-18(23)14-5-3-6-16(11-14)28-2/h3,5-6,11,15,17H,4,7-10,12-13H2,1-2H3,(H,20,23)/t15-,17-/m0/s1. The van der Waals surface area contributed by atoms with Gasteiger partial charge in [-0.05, 0) is 31.0 Å². The van der Waals surface area contributed by atoms with Gasteiger partial charge in [-0.1, -0.05) is 6.07 Å². The minimum atomic E-state index is -3.64. The van der Waals surface area contributed by atoms with Crippen LogP contribution >= 0.6 is 0 Å². The molecular formula is C19H27N3O6S. The summed E-state index contributed by atoms with van der Waals surface area (Å²) < 4.78 is 36.1. The number of nitrogens with one attached hydrogen (secondary N) is 1. The summed E-state index contributed by atoms with van der Waals surface area (Å²) in [5.74, 6) is -0.191. The lowest BCUT2D eigenvalue weighted by molar-refractivity contribution is -0.130. The first-order valence-corrected chi connectivity index (χ1v) is 11.2. The molecular weight excluding hydrogens is 398 g/mol. The molecule has 0 aliphatic carbocycles. The number of sulfonamides is 1. The number of benzene rings is 1. The third kappa shape index (κ3) is 4.88. The summed E-state index contributed by atoms with van der Waals surface area (Å²) in [5, 5.41) is 2.96. The van der Waals surface area contributed by atoms with Crippen LogP contribution in [0.25, 0.3) is 0 Å². The SMILES string of the molecule is COCCCN1C(=O)[C@@H]2C[C@H](NC(=O)c3cccc(OC)c3)CN2CCS1(=O)=O. The molecule has 3 rings (SSSR count). The fraction of sp³-hybridized carbons (Fsp3) is 0.579. The Morgan fingerprint density at radius 2 is 2.10 bits per heavy atom. The lowest BCUT2D eigenvalue weighted by Gasteiger charge is -2.23. The average Bonchev–Trinajstić information content (AvgIpc) is 3.08. The summed E-state index contributed by atoms with van der Waals surface area (Å²) in [7, 11) is -0.568. The highest BCUT2D eigenvalue weighted by Gasteiger charge is 2.45. The lowest BCUT2D eigenvalue weighted by atomic mass is 10.1. The zero-order valence-electron chi connectivity index (χ0n) is 16.7. The highest BCUT2D eigenvalue weighted by atomic mass is 32.2. The molecule has 0 aromatic heterocycles. The van der Waals surface area contributed by atoms with Gasteiger partial charge >= 0.3 is 0 Å². The number of hydrogen-bond donors (Lipinski definition) is 1. The molecule has 2 aliphatic heterocycles. The first-order chi connectivity index (χ1) is 13.9. The Morgan fingerprint density at radius 1 is 1.31 bits per heavy atom. The number of nitrogens with zero attached hydrogens (tertiary/aromatic N) is 2. The van der Waals surface area contributed by atoms with Crippen molar-refractivity contribution in [2.24, 2.45) is 0 Å². The van der Waals surface area contributed by atoms with Crippen molar-refractivity contribution in [1.29, 1.82) is 0 Å². The third-order valence-corrected chi connectivity index (χ3v) is 7.02. The Hall–Kier alpha value is -2.17. The van der Waals surface area contributed by atoms with Crippen LogP contribution in [0.1, 0.15) is 23.2 Å². The molecule has 2 saturated heterocycles. The van der Waals surface area contributed by atoms with Gasteiger partial charge in [-0.25, -0.2) is 12.7 Å². The molecule has 1 aromatic carbocycles. The zero-order chi connectivity index (χ0) is 21.0. The second kappa shape index (κ2) is 9.10. The van der Waals surface area contributed by atoms with Crippen LogP contribution in [0, 0.1) is 0 Å². The average molecular weight is 426 g/mol. The van der Waals surface area contributed by atoms with Gasteiger partial charge in [-0.3, -0.25) is 14.5 Å². The van der Waals surface area contributed by atoms with Crippen LogP contribution in [0.15, 0.2) is 24.3 Å².